The normalized spacial score (nSPS) is 28.6. The van der Waals surface area contributed by atoms with Crippen molar-refractivity contribution < 1.29 is 53.1 Å². The number of piperazine rings is 1. The van der Waals surface area contributed by atoms with Crippen LogP contribution in [0.15, 0.2) is 63.6 Å². The fraction of sp³-hybridized carbons (Fsp3) is 0.468. The second kappa shape index (κ2) is 17.8. The van der Waals surface area contributed by atoms with E-state index in [0.29, 0.717) is 11.1 Å². The van der Waals surface area contributed by atoms with Gasteiger partial charge in [0, 0.05) is 99.1 Å². The van der Waals surface area contributed by atoms with Gasteiger partial charge in [0.25, 0.3) is 11.7 Å². The second-order valence-electron chi connectivity index (χ2n) is 17.1. The predicted molar refractivity (Wildman–Crippen MR) is 237 cm³/mol. The lowest BCUT2D eigenvalue weighted by Crippen LogP contribution is -2.46. The van der Waals surface area contributed by atoms with Crippen LogP contribution in [0.25, 0.3) is 33.0 Å². The number of aliphatic hydroxyl groups excluding tert-OH is 2. The summed E-state index contributed by atoms with van der Waals surface area (Å²) >= 11 is 0. The molecule has 336 valence electrons. The molecule has 0 radical (unpaired) electrons. The highest BCUT2D eigenvalue weighted by atomic mass is 16.7. The summed E-state index contributed by atoms with van der Waals surface area (Å²) in [6, 6.07) is 5.49. The molecule has 63 heavy (non-hydrogen) atoms. The van der Waals surface area contributed by atoms with E-state index in [4.69, 9.17) is 28.3 Å². The average Bonchev–Trinajstić information content (AvgIpc) is 3.53. The Balaban J connectivity index is 1.44. The Morgan fingerprint density at radius 2 is 1.70 bits per heavy atom. The molecule has 0 aliphatic carbocycles. The standard InChI is InChI=1S/C47H56N4O12/c1-22-11-10-12-23(2)46(58)50-37-41(56)34-33(36-44(37)62-32-21-29(13-14-30(32)49-36)51-18-16-48-17-19-51)35-43(27(6)40(34)55)63-47(8,45(35)57)60-20-15-31(59-9)24(3)42(61-28(7)52)26(5)39(54)25(4)38(22)53/h10-15,20-22,24-26,31,38-39,42,48,53-54,56H,16-19H2,1-9H3,(H,50,58)/t22-,24+,25+,26+,31-,38-,39+,42+,47-/m0/s1. The number of amides is 1. The third kappa shape index (κ3) is 8.28. The number of anilines is 2. The topological polar surface area (TPSA) is 219 Å². The lowest BCUT2D eigenvalue weighted by molar-refractivity contribution is -0.160. The average molecular weight is 869 g/mol. The van der Waals surface area contributed by atoms with E-state index in [1.165, 1.54) is 46.3 Å². The number of methoxy groups -OCH3 is 1. The largest absolute Gasteiger partial charge is 0.505 e. The van der Waals surface area contributed by atoms with Crippen LogP contribution in [0.2, 0.25) is 0 Å². The van der Waals surface area contributed by atoms with Crippen LogP contribution in [0, 0.1) is 30.6 Å². The van der Waals surface area contributed by atoms with Gasteiger partial charge in [0.2, 0.25) is 0 Å². The molecule has 1 amide bonds. The number of aromatic hydroxyl groups is 1. The molecule has 3 aromatic carbocycles. The van der Waals surface area contributed by atoms with Crippen LogP contribution in [0.1, 0.15) is 64.4 Å². The number of allylic oxidation sites excluding steroid dienone is 2. The van der Waals surface area contributed by atoms with Crippen molar-refractivity contribution >= 4 is 62.0 Å². The second-order valence-corrected chi connectivity index (χ2v) is 17.1. The lowest BCUT2D eigenvalue weighted by atomic mass is 9.78. The molecule has 4 aromatic rings. The summed E-state index contributed by atoms with van der Waals surface area (Å²) in [6.45, 7) is 15.7. The summed E-state index contributed by atoms with van der Waals surface area (Å²) < 4.78 is 30.4. The van der Waals surface area contributed by atoms with Gasteiger partial charge in [0.15, 0.2) is 22.3 Å². The minimum absolute atomic E-state index is 0.00454. The maximum atomic E-state index is 14.7. The summed E-state index contributed by atoms with van der Waals surface area (Å²) in [5, 5.41) is 40.9. The number of rotatable bonds is 3. The molecule has 0 spiro atoms. The number of hydrogen-bond acceptors (Lipinski definition) is 15. The van der Waals surface area contributed by atoms with Crippen LogP contribution in [0.5, 0.6) is 11.5 Å². The van der Waals surface area contributed by atoms with Gasteiger partial charge in [-0.1, -0.05) is 45.9 Å². The summed E-state index contributed by atoms with van der Waals surface area (Å²) in [5.74, 6) is -7.14. The highest BCUT2D eigenvalue weighted by Crippen LogP contribution is 2.48. The van der Waals surface area contributed by atoms with Crippen LogP contribution in [0.3, 0.4) is 0 Å². The molecule has 1 fully saturated rings. The van der Waals surface area contributed by atoms with E-state index >= 15 is 0 Å². The number of benzene rings is 3. The molecule has 7 rings (SSSR count). The van der Waals surface area contributed by atoms with E-state index in [0.717, 1.165) is 31.9 Å². The van der Waals surface area contributed by atoms with E-state index in [1.807, 2.05) is 12.1 Å². The maximum absolute atomic E-state index is 14.7. The van der Waals surface area contributed by atoms with Crippen molar-refractivity contribution in [3.05, 3.63) is 75.7 Å². The number of fused-ring (bicyclic) bond motifs is 2. The predicted octanol–water partition coefficient (Wildman–Crippen LogP) is 5.41. The first kappa shape index (κ1) is 45.2. The molecule has 16 nitrogen and oxygen atoms in total. The van der Waals surface area contributed by atoms with Crippen molar-refractivity contribution in [2.24, 2.45) is 23.7 Å². The Morgan fingerprint density at radius 3 is 2.38 bits per heavy atom. The number of ketones is 1. The third-order valence-electron chi connectivity index (χ3n) is 12.8. The fourth-order valence-corrected chi connectivity index (χ4v) is 8.91. The quantitative estimate of drug-likeness (QED) is 0.0753. The molecule has 16 heteroatoms. The minimum atomic E-state index is -2.03. The van der Waals surface area contributed by atoms with Crippen LogP contribution in [-0.4, -0.2) is 101 Å². The van der Waals surface area contributed by atoms with Gasteiger partial charge in [0.1, 0.15) is 28.6 Å². The third-order valence-corrected chi connectivity index (χ3v) is 12.8. The van der Waals surface area contributed by atoms with Crippen molar-refractivity contribution in [1.82, 2.24) is 10.3 Å². The molecule has 1 aromatic heterocycles. The highest BCUT2D eigenvalue weighted by molar-refractivity contribution is 6.26. The van der Waals surface area contributed by atoms with Crippen molar-refractivity contribution in [2.45, 2.75) is 85.6 Å². The number of aromatic nitrogens is 1. The number of hydrogen-bond donors (Lipinski definition) is 5. The monoisotopic (exact) mass is 868 g/mol. The van der Waals surface area contributed by atoms with Gasteiger partial charge < -0.3 is 54.2 Å². The summed E-state index contributed by atoms with van der Waals surface area (Å²) in [7, 11) is 1.45. The van der Waals surface area contributed by atoms with Crippen LogP contribution >= 0.6 is 0 Å². The van der Waals surface area contributed by atoms with Crippen LogP contribution in [0.4, 0.5) is 11.4 Å². The number of nitrogens with one attached hydrogen (secondary N) is 2. The van der Waals surface area contributed by atoms with E-state index in [2.05, 4.69) is 15.5 Å². The van der Waals surface area contributed by atoms with Crippen molar-refractivity contribution in [3.63, 3.8) is 0 Å². The summed E-state index contributed by atoms with van der Waals surface area (Å²) in [4.78, 5) is 62.5. The molecule has 9 atom stereocenters. The van der Waals surface area contributed by atoms with Gasteiger partial charge in [0.05, 0.1) is 35.5 Å². The minimum Gasteiger partial charge on any atom is -0.505 e. The van der Waals surface area contributed by atoms with Crippen molar-refractivity contribution in [1.29, 1.82) is 0 Å². The Hall–Kier alpha value is -5.81. The van der Waals surface area contributed by atoms with E-state index in [9.17, 15) is 34.5 Å². The molecule has 4 bridgehead atoms. The summed E-state index contributed by atoms with van der Waals surface area (Å²) in [6.07, 6.45) is 3.69. The number of nitrogens with zero attached hydrogens (tertiary/aromatic N) is 2. The molecule has 1 saturated heterocycles. The first-order valence-corrected chi connectivity index (χ1v) is 21.2. The van der Waals surface area contributed by atoms with E-state index in [1.54, 1.807) is 52.8 Å². The highest BCUT2D eigenvalue weighted by Gasteiger charge is 2.49. The number of ether oxygens (including phenoxy) is 4. The number of Topliss-reactive ketones (excluding diaryl/α,β-unsaturated/α-hetero) is 1. The van der Waals surface area contributed by atoms with Crippen LogP contribution in [-0.2, 0) is 23.8 Å². The molecular weight excluding hydrogens is 813 g/mol. The van der Waals surface area contributed by atoms with Gasteiger partial charge in [-0.2, -0.15) is 0 Å². The van der Waals surface area contributed by atoms with Gasteiger partial charge >= 0.3 is 11.8 Å². The maximum Gasteiger partial charge on any atom is 0.312 e. The van der Waals surface area contributed by atoms with Gasteiger partial charge in [-0.3, -0.25) is 19.2 Å². The smallest absolute Gasteiger partial charge is 0.312 e. The number of esters is 1. The first-order valence-electron chi connectivity index (χ1n) is 21.2. The Kier molecular flexibility index (Phi) is 12.7. The zero-order valence-corrected chi connectivity index (χ0v) is 37.0. The Bertz CT molecular complexity index is 2630. The van der Waals surface area contributed by atoms with Crippen molar-refractivity contribution in [3.8, 4) is 11.5 Å². The van der Waals surface area contributed by atoms with Gasteiger partial charge in [-0.15, -0.1) is 0 Å². The number of phenols is 1. The van der Waals surface area contributed by atoms with Crippen molar-refractivity contribution in [2.75, 3.05) is 43.5 Å². The molecule has 3 aliphatic heterocycles. The zero-order valence-electron chi connectivity index (χ0n) is 37.0. The molecular formula is C47H56N4O12. The molecule has 3 aliphatic rings. The fourth-order valence-electron chi connectivity index (χ4n) is 8.91. The molecule has 0 unspecified atom stereocenters. The molecule has 0 saturated carbocycles. The van der Waals surface area contributed by atoms with E-state index in [-0.39, 0.29) is 50.0 Å². The lowest BCUT2D eigenvalue weighted by Gasteiger charge is -2.38. The van der Waals surface area contributed by atoms with E-state index < -0.39 is 82.7 Å². The number of phenolic OH excluding ortho intramolecular Hbond substituents is 1. The van der Waals surface area contributed by atoms with Crippen LogP contribution < -0.4 is 25.7 Å². The Morgan fingerprint density at radius 1 is 0.984 bits per heavy atom. The first-order chi connectivity index (χ1) is 29.9. The van der Waals surface area contributed by atoms with Gasteiger partial charge in [-0.05, 0) is 32.1 Å². The zero-order chi connectivity index (χ0) is 45.7. The number of aliphatic hydroxyl groups is 2. The SMILES string of the molecule is CO[C@H]1C=CO[C@@]2(C)Oc3c(C)c(=O)c4c(O)c(c5oc6cc(N7CCNCC7)ccc6nc5c4c3C2=O)NC(=O)C(C)=CC=C[C@H](C)[C@H](O)[C@@H](C)[C@@H](O)[C@@H](C)[C@H](OC(C)=O)[C@@H]1C. The molecule has 4 heterocycles. The summed E-state index contributed by atoms with van der Waals surface area (Å²) in [5.41, 5.74) is 0.704. The van der Waals surface area contributed by atoms with Gasteiger partial charge in [-0.25, -0.2) is 4.98 Å². The molecule has 5 N–H and O–H groups in total. The Labute approximate surface area is 364 Å². The number of carbonyl (C=O) groups is 3. The number of carbonyl (C=O) groups excluding carboxylic acids is 3.